The minimum Gasteiger partial charge on any atom is -0.493 e. The third kappa shape index (κ3) is 3.10. The van der Waals surface area contributed by atoms with Gasteiger partial charge in [-0.25, -0.2) is 8.42 Å². The fraction of sp³-hybridized carbons (Fsp3) is 0.611. The number of benzene rings is 1. The number of fused-ring (bicyclic) bond motifs is 2. The summed E-state index contributed by atoms with van der Waals surface area (Å²) in [5, 5.41) is -0.757. The monoisotopic (exact) mass is 368 g/mol. The third-order valence-corrected chi connectivity index (χ3v) is 8.11. The summed E-state index contributed by atoms with van der Waals surface area (Å²) in [6.07, 6.45) is 3.08. The van der Waals surface area contributed by atoms with Crippen molar-refractivity contribution in [2.75, 3.05) is 21.3 Å². The molecule has 0 N–H and O–H groups in total. The highest BCUT2D eigenvalue weighted by Crippen LogP contribution is 2.43. The normalized spacial score (nSPS) is 27.4. The fourth-order valence-corrected chi connectivity index (χ4v) is 6.62. The zero-order chi connectivity index (χ0) is 18.2. The zero-order valence-electron chi connectivity index (χ0n) is 14.8. The lowest BCUT2D eigenvalue weighted by atomic mass is 9.84. The van der Waals surface area contributed by atoms with Crippen molar-refractivity contribution in [2.24, 2.45) is 5.92 Å². The maximum absolute atomic E-state index is 13.0. The van der Waals surface area contributed by atoms with E-state index < -0.39 is 9.84 Å². The van der Waals surface area contributed by atoms with Crippen molar-refractivity contribution >= 4 is 15.6 Å². The van der Waals surface area contributed by atoms with Crippen LogP contribution >= 0.6 is 0 Å². The Morgan fingerprint density at radius 3 is 1.92 bits per heavy atom. The van der Waals surface area contributed by atoms with Crippen LogP contribution < -0.4 is 14.2 Å². The maximum Gasteiger partial charge on any atom is 0.203 e. The molecule has 1 aromatic rings. The SMILES string of the molecule is COc1cc(C(=O)C2CC3CCCC(C2)S3(=O)=O)cc(OC)c1OC. The Kier molecular flexibility index (Phi) is 4.95. The van der Waals surface area contributed by atoms with Crippen LogP contribution in [0.1, 0.15) is 42.5 Å². The molecule has 2 aliphatic heterocycles. The third-order valence-electron chi connectivity index (χ3n) is 5.40. The second-order valence-corrected chi connectivity index (χ2v) is 9.22. The van der Waals surface area contributed by atoms with E-state index in [1.54, 1.807) is 12.1 Å². The number of hydrogen-bond donors (Lipinski definition) is 0. The van der Waals surface area contributed by atoms with Crippen molar-refractivity contribution in [3.63, 3.8) is 0 Å². The van der Waals surface area contributed by atoms with Gasteiger partial charge in [0.15, 0.2) is 27.1 Å². The molecule has 2 fully saturated rings. The molecule has 0 aromatic heterocycles. The van der Waals surface area contributed by atoms with Crippen LogP contribution in [-0.4, -0.2) is 46.0 Å². The summed E-state index contributed by atoms with van der Waals surface area (Å²) in [5.41, 5.74) is 0.469. The summed E-state index contributed by atoms with van der Waals surface area (Å²) < 4.78 is 40.7. The van der Waals surface area contributed by atoms with E-state index in [1.807, 2.05) is 0 Å². The van der Waals surface area contributed by atoms with Crippen molar-refractivity contribution in [2.45, 2.75) is 42.6 Å². The van der Waals surface area contributed by atoms with E-state index in [0.29, 0.717) is 48.5 Å². The van der Waals surface area contributed by atoms with Gasteiger partial charge in [0.1, 0.15) is 0 Å². The van der Waals surface area contributed by atoms with Gasteiger partial charge in [0.05, 0.1) is 31.8 Å². The highest BCUT2D eigenvalue weighted by atomic mass is 32.2. The zero-order valence-corrected chi connectivity index (χ0v) is 15.6. The average molecular weight is 368 g/mol. The maximum atomic E-state index is 13.0. The predicted octanol–water partition coefficient (Wildman–Crippen LogP) is 2.64. The van der Waals surface area contributed by atoms with Crippen LogP contribution in [0.2, 0.25) is 0 Å². The van der Waals surface area contributed by atoms with Gasteiger partial charge in [-0.1, -0.05) is 6.42 Å². The first-order chi connectivity index (χ1) is 11.9. The average Bonchev–Trinajstić information content (AvgIpc) is 2.58. The Balaban J connectivity index is 1.91. The summed E-state index contributed by atoms with van der Waals surface area (Å²) in [4.78, 5) is 13.0. The number of ether oxygens (including phenoxy) is 3. The van der Waals surface area contributed by atoms with E-state index in [1.165, 1.54) is 21.3 Å². The molecule has 2 saturated heterocycles. The summed E-state index contributed by atoms with van der Waals surface area (Å²) in [7, 11) is 1.44. The molecule has 2 atom stereocenters. The molecular formula is C18H24O6S. The molecule has 2 aliphatic rings. The summed E-state index contributed by atoms with van der Waals surface area (Å²) >= 11 is 0. The number of ketones is 1. The van der Waals surface area contributed by atoms with E-state index >= 15 is 0 Å². The van der Waals surface area contributed by atoms with E-state index in [0.717, 1.165) is 6.42 Å². The minimum atomic E-state index is -3.07. The van der Waals surface area contributed by atoms with Gasteiger partial charge in [-0.2, -0.15) is 0 Å². The van der Waals surface area contributed by atoms with E-state index in [-0.39, 0.29) is 22.2 Å². The van der Waals surface area contributed by atoms with Crippen LogP contribution in [0.15, 0.2) is 12.1 Å². The second kappa shape index (κ2) is 6.86. The number of hydrogen-bond acceptors (Lipinski definition) is 6. The van der Waals surface area contributed by atoms with E-state index in [9.17, 15) is 13.2 Å². The smallest absolute Gasteiger partial charge is 0.203 e. The molecule has 1 aromatic carbocycles. The fourth-order valence-electron chi connectivity index (χ4n) is 4.08. The van der Waals surface area contributed by atoms with Gasteiger partial charge < -0.3 is 14.2 Å². The molecule has 0 amide bonds. The van der Waals surface area contributed by atoms with Crippen molar-refractivity contribution in [1.29, 1.82) is 0 Å². The Labute approximate surface area is 148 Å². The Hall–Kier alpha value is -1.76. The van der Waals surface area contributed by atoms with Crippen molar-refractivity contribution < 1.29 is 27.4 Å². The highest BCUT2D eigenvalue weighted by Gasteiger charge is 2.46. The number of Topliss-reactive ketones (excluding diaryl/α,β-unsaturated/α-hetero) is 1. The molecule has 2 heterocycles. The van der Waals surface area contributed by atoms with E-state index in [2.05, 4.69) is 0 Å². The first-order valence-corrected chi connectivity index (χ1v) is 10.1. The predicted molar refractivity (Wildman–Crippen MR) is 93.5 cm³/mol. The van der Waals surface area contributed by atoms with Crippen LogP contribution in [0.3, 0.4) is 0 Å². The van der Waals surface area contributed by atoms with Crippen molar-refractivity contribution in [3.05, 3.63) is 17.7 Å². The molecule has 25 heavy (non-hydrogen) atoms. The highest BCUT2D eigenvalue weighted by molar-refractivity contribution is 7.92. The largest absolute Gasteiger partial charge is 0.493 e. The van der Waals surface area contributed by atoms with E-state index in [4.69, 9.17) is 14.2 Å². The number of methoxy groups -OCH3 is 3. The summed E-state index contributed by atoms with van der Waals surface area (Å²) in [5.74, 6) is 0.958. The van der Waals surface area contributed by atoms with Gasteiger partial charge in [-0.05, 0) is 37.8 Å². The summed E-state index contributed by atoms with van der Waals surface area (Å²) in [6, 6.07) is 3.28. The number of rotatable bonds is 5. The second-order valence-electron chi connectivity index (χ2n) is 6.71. The van der Waals surface area contributed by atoms with Crippen LogP contribution in [0, 0.1) is 5.92 Å². The summed E-state index contributed by atoms with van der Waals surface area (Å²) in [6.45, 7) is 0. The Morgan fingerprint density at radius 2 is 1.48 bits per heavy atom. The Morgan fingerprint density at radius 1 is 0.960 bits per heavy atom. The molecule has 2 unspecified atom stereocenters. The van der Waals surface area contributed by atoms with Gasteiger partial charge in [-0.3, -0.25) is 4.79 Å². The lowest BCUT2D eigenvalue weighted by Crippen LogP contribution is -2.45. The van der Waals surface area contributed by atoms with Crippen LogP contribution in [0.4, 0.5) is 0 Å². The van der Waals surface area contributed by atoms with Gasteiger partial charge in [0, 0.05) is 11.5 Å². The molecule has 3 rings (SSSR count). The van der Waals surface area contributed by atoms with Gasteiger partial charge in [0.2, 0.25) is 5.75 Å². The molecule has 6 nitrogen and oxygen atoms in total. The molecule has 2 bridgehead atoms. The van der Waals surface area contributed by atoms with Gasteiger partial charge in [-0.15, -0.1) is 0 Å². The standard InChI is InChI=1S/C18H24O6S/c1-22-15-9-12(10-16(23-2)18(15)24-3)17(19)11-7-13-5-4-6-14(8-11)25(13,20)21/h9-11,13-14H,4-8H2,1-3H3. The van der Waals surface area contributed by atoms with Crippen molar-refractivity contribution in [3.8, 4) is 17.2 Å². The number of sulfone groups is 1. The first kappa shape index (κ1) is 18.0. The first-order valence-electron chi connectivity index (χ1n) is 8.49. The quantitative estimate of drug-likeness (QED) is 0.744. The number of carbonyl (C=O) groups excluding carboxylic acids is 1. The molecule has 0 radical (unpaired) electrons. The van der Waals surface area contributed by atoms with Gasteiger partial charge >= 0.3 is 0 Å². The van der Waals surface area contributed by atoms with Crippen LogP contribution in [0.5, 0.6) is 17.2 Å². The molecule has 0 aliphatic carbocycles. The van der Waals surface area contributed by atoms with Gasteiger partial charge in [0.25, 0.3) is 0 Å². The topological polar surface area (TPSA) is 78.9 Å². The lowest BCUT2D eigenvalue weighted by Gasteiger charge is -2.38. The van der Waals surface area contributed by atoms with Crippen molar-refractivity contribution in [1.82, 2.24) is 0 Å². The lowest BCUT2D eigenvalue weighted by molar-refractivity contribution is 0.0893. The molecule has 7 heteroatoms. The van der Waals surface area contributed by atoms with Crippen LogP contribution in [0.25, 0.3) is 0 Å². The molecular weight excluding hydrogens is 344 g/mol. The molecule has 0 saturated carbocycles. The molecule has 138 valence electrons. The minimum absolute atomic E-state index is 0.0500. The number of carbonyl (C=O) groups is 1. The Bertz CT molecular complexity index is 725. The van der Waals surface area contributed by atoms with Crippen LogP contribution in [-0.2, 0) is 9.84 Å². The molecule has 0 spiro atoms.